The van der Waals surface area contributed by atoms with Gasteiger partial charge in [-0.15, -0.1) is 0 Å². The molecule has 0 aliphatic rings. The largest absolute Gasteiger partial charge is 0.506 e. The molecule has 0 bridgehead atoms. The lowest BCUT2D eigenvalue weighted by molar-refractivity contribution is 0.469. The lowest BCUT2D eigenvalue weighted by atomic mass is 10.2. The van der Waals surface area contributed by atoms with Crippen molar-refractivity contribution in [1.29, 1.82) is 0 Å². The molecule has 5 nitrogen and oxygen atoms in total. The molecule has 0 atom stereocenters. The van der Waals surface area contributed by atoms with Crippen LogP contribution < -0.4 is 10.9 Å². The molecule has 3 rings (SSSR count). The fourth-order valence-electron chi connectivity index (χ4n) is 2.50. The standard InChI is InChI=1S/C17H16ClN3O2/c1-2-21-14-9-4-3-8-13(14)20-16(17(21)23)19-10-11-6-5-7-12(18)15(11)22/h3-9,22H,2,10H2,1H3,(H,19,20). The molecule has 0 amide bonds. The molecule has 0 saturated carbocycles. The summed E-state index contributed by atoms with van der Waals surface area (Å²) in [5.74, 6) is 0.267. The molecule has 0 aliphatic carbocycles. The summed E-state index contributed by atoms with van der Waals surface area (Å²) in [4.78, 5) is 16.9. The highest BCUT2D eigenvalue weighted by Crippen LogP contribution is 2.27. The Kier molecular flexibility index (Phi) is 4.21. The van der Waals surface area contributed by atoms with E-state index in [4.69, 9.17) is 11.6 Å². The molecule has 0 unspecified atom stereocenters. The number of aromatic hydroxyl groups is 1. The van der Waals surface area contributed by atoms with Crippen LogP contribution in [0.1, 0.15) is 12.5 Å². The molecule has 0 radical (unpaired) electrons. The summed E-state index contributed by atoms with van der Waals surface area (Å²) in [6, 6.07) is 12.6. The third-order valence-corrected chi connectivity index (χ3v) is 3.99. The SMILES string of the molecule is CCn1c(=O)c(NCc2cccc(Cl)c2O)nc2ccccc21. The number of hydrogen-bond acceptors (Lipinski definition) is 4. The van der Waals surface area contributed by atoms with Crippen molar-refractivity contribution in [3.05, 3.63) is 63.4 Å². The van der Waals surface area contributed by atoms with E-state index in [-0.39, 0.29) is 28.7 Å². The van der Waals surface area contributed by atoms with Crippen LogP contribution in [0, 0.1) is 0 Å². The number of hydrogen-bond donors (Lipinski definition) is 2. The Morgan fingerprint density at radius 3 is 2.78 bits per heavy atom. The summed E-state index contributed by atoms with van der Waals surface area (Å²) in [6.45, 7) is 2.73. The molecule has 0 saturated heterocycles. The molecule has 23 heavy (non-hydrogen) atoms. The minimum Gasteiger partial charge on any atom is -0.506 e. The second-order valence-corrected chi connectivity index (χ2v) is 5.51. The van der Waals surface area contributed by atoms with Crippen molar-refractivity contribution in [1.82, 2.24) is 9.55 Å². The zero-order valence-corrected chi connectivity index (χ0v) is 13.3. The van der Waals surface area contributed by atoms with Gasteiger partial charge in [0.2, 0.25) is 0 Å². The maximum absolute atomic E-state index is 12.5. The monoisotopic (exact) mass is 329 g/mol. The van der Waals surface area contributed by atoms with Crippen LogP contribution in [-0.2, 0) is 13.1 Å². The molecule has 1 heterocycles. The number of nitrogens with one attached hydrogen (secondary N) is 1. The van der Waals surface area contributed by atoms with Gasteiger partial charge in [0.1, 0.15) is 5.75 Å². The Bertz CT molecular complexity index is 921. The second kappa shape index (κ2) is 6.30. The summed E-state index contributed by atoms with van der Waals surface area (Å²) in [5.41, 5.74) is 1.96. The topological polar surface area (TPSA) is 67.2 Å². The Hall–Kier alpha value is -2.53. The Balaban J connectivity index is 1.99. The first kappa shape index (κ1) is 15.4. The molecule has 2 N–H and O–H groups in total. The van der Waals surface area contributed by atoms with E-state index < -0.39 is 0 Å². The number of aromatic nitrogens is 2. The number of para-hydroxylation sites is 3. The molecule has 3 aromatic rings. The number of halogens is 1. The van der Waals surface area contributed by atoms with Crippen molar-refractivity contribution < 1.29 is 5.11 Å². The van der Waals surface area contributed by atoms with Gasteiger partial charge >= 0.3 is 0 Å². The lowest BCUT2D eigenvalue weighted by Crippen LogP contribution is -2.24. The average molecular weight is 330 g/mol. The van der Waals surface area contributed by atoms with Gasteiger partial charge in [-0.1, -0.05) is 35.9 Å². The van der Waals surface area contributed by atoms with E-state index in [2.05, 4.69) is 10.3 Å². The quantitative estimate of drug-likeness (QED) is 0.770. The number of rotatable bonds is 4. The van der Waals surface area contributed by atoms with Crippen molar-refractivity contribution in [3.63, 3.8) is 0 Å². The first-order valence-corrected chi connectivity index (χ1v) is 7.69. The molecule has 0 aliphatic heterocycles. The zero-order chi connectivity index (χ0) is 16.4. The van der Waals surface area contributed by atoms with E-state index >= 15 is 0 Å². The third-order valence-electron chi connectivity index (χ3n) is 3.69. The summed E-state index contributed by atoms with van der Waals surface area (Å²) in [5, 5.41) is 13.2. The fraction of sp³-hybridized carbons (Fsp3) is 0.176. The second-order valence-electron chi connectivity index (χ2n) is 5.10. The molecule has 1 aromatic heterocycles. The van der Waals surface area contributed by atoms with Gasteiger partial charge < -0.3 is 15.0 Å². The van der Waals surface area contributed by atoms with E-state index in [0.717, 1.165) is 11.0 Å². The van der Waals surface area contributed by atoms with Gasteiger partial charge in [0.15, 0.2) is 5.82 Å². The van der Waals surface area contributed by atoms with Crippen molar-refractivity contribution in [2.75, 3.05) is 5.32 Å². The first-order valence-electron chi connectivity index (χ1n) is 7.31. The number of phenols is 1. The lowest BCUT2D eigenvalue weighted by Gasteiger charge is -2.12. The Labute approximate surface area is 138 Å². The van der Waals surface area contributed by atoms with Gasteiger partial charge in [0, 0.05) is 18.7 Å². The van der Waals surface area contributed by atoms with Gasteiger partial charge in [-0.25, -0.2) is 4.98 Å². The van der Waals surface area contributed by atoms with Crippen molar-refractivity contribution in [2.45, 2.75) is 20.0 Å². The summed E-state index contributed by atoms with van der Waals surface area (Å²) >= 11 is 5.89. The van der Waals surface area contributed by atoms with Crippen LogP contribution in [-0.4, -0.2) is 14.7 Å². The minimum atomic E-state index is -0.187. The van der Waals surface area contributed by atoms with Crippen LogP contribution in [0.5, 0.6) is 5.75 Å². The predicted molar refractivity (Wildman–Crippen MR) is 92.1 cm³/mol. The van der Waals surface area contributed by atoms with E-state index in [1.165, 1.54) is 0 Å². The molecule has 0 fully saturated rings. The van der Waals surface area contributed by atoms with Crippen molar-refractivity contribution >= 4 is 28.5 Å². The van der Waals surface area contributed by atoms with Crippen LogP contribution in [0.3, 0.4) is 0 Å². The molecular formula is C17H16ClN3O2. The number of nitrogens with zero attached hydrogens (tertiary/aromatic N) is 2. The van der Waals surface area contributed by atoms with E-state index in [1.807, 2.05) is 31.2 Å². The summed E-state index contributed by atoms with van der Waals surface area (Å²) in [6.07, 6.45) is 0. The average Bonchev–Trinajstić information content (AvgIpc) is 2.56. The van der Waals surface area contributed by atoms with Crippen LogP contribution >= 0.6 is 11.6 Å². The van der Waals surface area contributed by atoms with Crippen LogP contribution in [0.4, 0.5) is 5.82 Å². The predicted octanol–water partition coefficient (Wildman–Crippen LogP) is 3.39. The third kappa shape index (κ3) is 2.87. The van der Waals surface area contributed by atoms with Gasteiger partial charge in [-0.05, 0) is 25.1 Å². The first-order chi connectivity index (χ1) is 11.1. The fourth-order valence-corrected chi connectivity index (χ4v) is 2.70. The number of anilines is 1. The number of benzene rings is 2. The summed E-state index contributed by atoms with van der Waals surface area (Å²) < 4.78 is 1.67. The Morgan fingerprint density at radius 1 is 1.22 bits per heavy atom. The van der Waals surface area contributed by atoms with Gasteiger partial charge in [0.25, 0.3) is 5.56 Å². The normalized spacial score (nSPS) is 10.9. The highest BCUT2D eigenvalue weighted by Gasteiger charge is 2.11. The minimum absolute atomic E-state index is 0.0123. The maximum Gasteiger partial charge on any atom is 0.293 e. The van der Waals surface area contributed by atoms with Crippen molar-refractivity contribution in [3.8, 4) is 5.75 Å². The highest BCUT2D eigenvalue weighted by molar-refractivity contribution is 6.32. The van der Waals surface area contributed by atoms with Gasteiger partial charge in [-0.3, -0.25) is 4.79 Å². The molecular weight excluding hydrogens is 314 g/mol. The van der Waals surface area contributed by atoms with Crippen molar-refractivity contribution in [2.24, 2.45) is 0 Å². The molecule has 6 heteroatoms. The zero-order valence-electron chi connectivity index (χ0n) is 12.6. The van der Waals surface area contributed by atoms with E-state index in [9.17, 15) is 9.90 Å². The molecule has 118 valence electrons. The summed E-state index contributed by atoms with van der Waals surface area (Å²) in [7, 11) is 0. The number of fused-ring (bicyclic) bond motifs is 1. The molecule has 2 aromatic carbocycles. The molecule has 0 spiro atoms. The van der Waals surface area contributed by atoms with E-state index in [1.54, 1.807) is 22.8 Å². The van der Waals surface area contributed by atoms with Crippen LogP contribution in [0.15, 0.2) is 47.3 Å². The van der Waals surface area contributed by atoms with Gasteiger partial charge in [0.05, 0.1) is 16.1 Å². The van der Waals surface area contributed by atoms with Gasteiger partial charge in [-0.2, -0.15) is 0 Å². The van der Waals surface area contributed by atoms with E-state index in [0.29, 0.717) is 12.1 Å². The smallest absolute Gasteiger partial charge is 0.293 e. The number of phenolic OH excluding ortho intramolecular Hbond substituents is 1. The van der Waals surface area contributed by atoms with Crippen LogP contribution in [0.25, 0.3) is 11.0 Å². The Morgan fingerprint density at radius 2 is 2.00 bits per heavy atom. The van der Waals surface area contributed by atoms with Crippen LogP contribution in [0.2, 0.25) is 5.02 Å². The number of aryl methyl sites for hydroxylation is 1. The maximum atomic E-state index is 12.5. The highest BCUT2D eigenvalue weighted by atomic mass is 35.5.